The lowest BCUT2D eigenvalue weighted by atomic mass is 10.1. The van der Waals surface area contributed by atoms with Gasteiger partial charge < -0.3 is 18.6 Å². The Hall–Kier alpha value is -2.92. The fourth-order valence-electron chi connectivity index (χ4n) is 3.38. The van der Waals surface area contributed by atoms with E-state index in [4.69, 9.17) is 13.3 Å². The zero-order valence-electron chi connectivity index (χ0n) is 19.4. The number of tetrazole rings is 1. The predicted octanol–water partition coefficient (Wildman–Crippen LogP) is 3.50. The van der Waals surface area contributed by atoms with Crippen molar-refractivity contribution < 1.29 is 18.1 Å². The number of carbonyl (C=O) groups is 1. The molecule has 3 aromatic rings. The van der Waals surface area contributed by atoms with E-state index in [0.29, 0.717) is 50.2 Å². The Morgan fingerprint density at radius 1 is 0.939 bits per heavy atom. The zero-order chi connectivity index (χ0) is 23.5. The SMILES string of the molecule is CCO[Si](CCCNC(=O)c1ccc(-c2nnn(-c3ccccc3)n2)cc1)(OCC)OCC. The molecule has 0 saturated carbocycles. The minimum absolute atomic E-state index is 0.140. The molecule has 2 aromatic carbocycles. The van der Waals surface area contributed by atoms with Crippen LogP contribution in [0.25, 0.3) is 17.1 Å². The Bertz CT molecular complexity index is 981. The third kappa shape index (κ3) is 6.78. The van der Waals surface area contributed by atoms with Crippen LogP contribution in [-0.4, -0.2) is 61.3 Å². The highest BCUT2D eigenvalue weighted by atomic mass is 28.4. The van der Waals surface area contributed by atoms with Gasteiger partial charge >= 0.3 is 8.80 Å². The van der Waals surface area contributed by atoms with Crippen LogP contribution in [0.1, 0.15) is 37.6 Å². The maximum Gasteiger partial charge on any atom is 0.500 e. The van der Waals surface area contributed by atoms with Crippen LogP contribution in [0.2, 0.25) is 6.04 Å². The summed E-state index contributed by atoms with van der Waals surface area (Å²) in [5.41, 5.74) is 2.18. The van der Waals surface area contributed by atoms with Gasteiger partial charge in [-0.25, -0.2) is 0 Å². The minimum atomic E-state index is -2.69. The summed E-state index contributed by atoms with van der Waals surface area (Å²) < 4.78 is 17.6. The van der Waals surface area contributed by atoms with Gasteiger partial charge in [-0.1, -0.05) is 30.3 Å². The van der Waals surface area contributed by atoms with E-state index in [2.05, 4.69) is 20.7 Å². The number of carbonyl (C=O) groups excluding carboxylic acids is 1. The van der Waals surface area contributed by atoms with Crippen molar-refractivity contribution in [2.24, 2.45) is 0 Å². The first-order chi connectivity index (χ1) is 16.1. The van der Waals surface area contributed by atoms with Crippen molar-refractivity contribution in [3.63, 3.8) is 0 Å². The molecule has 9 nitrogen and oxygen atoms in total. The fraction of sp³-hybridized carbons (Fsp3) is 0.391. The zero-order valence-corrected chi connectivity index (χ0v) is 20.4. The van der Waals surface area contributed by atoms with Crippen LogP contribution in [0.4, 0.5) is 0 Å². The van der Waals surface area contributed by atoms with Gasteiger partial charge in [0.05, 0.1) is 5.69 Å². The lowest BCUT2D eigenvalue weighted by Gasteiger charge is -2.28. The summed E-state index contributed by atoms with van der Waals surface area (Å²) in [4.78, 5) is 14.0. The van der Waals surface area contributed by atoms with Gasteiger partial charge in [0.1, 0.15) is 0 Å². The molecule has 0 saturated heterocycles. The minimum Gasteiger partial charge on any atom is -0.374 e. The Kier molecular flexibility index (Phi) is 9.25. The van der Waals surface area contributed by atoms with Gasteiger partial charge in [-0.2, -0.15) is 0 Å². The summed E-state index contributed by atoms with van der Waals surface area (Å²) in [7, 11) is -2.69. The van der Waals surface area contributed by atoms with E-state index in [1.54, 1.807) is 12.1 Å². The van der Waals surface area contributed by atoms with Crippen molar-refractivity contribution >= 4 is 14.7 Å². The molecule has 0 unspecified atom stereocenters. The van der Waals surface area contributed by atoms with E-state index in [-0.39, 0.29) is 5.91 Å². The van der Waals surface area contributed by atoms with E-state index < -0.39 is 8.80 Å². The highest BCUT2D eigenvalue weighted by Crippen LogP contribution is 2.18. The van der Waals surface area contributed by atoms with Gasteiger partial charge in [-0.05, 0) is 56.7 Å². The van der Waals surface area contributed by atoms with Crippen molar-refractivity contribution in [1.29, 1.82) is 0 Å². The van der Waals surface area contributed by atoms with Crippen LogP contribution in [0.3, 0.4) is 0 Å². The number of hydrogen-bond acceptors (Lipinski definition) is 7. The molecule has 0 aliphatic heterocycles. The van der Waals surface area contributed by atoms with E-state index in [1.807, 2.05) is 63.2 Å². The quantitative estimate of drug-likeness (QED) is 0.302. The molecule has 1 aromatic heterocycles. The second-order valence-corrected chi connectivity index (χ2v) is 9.89. The first kappa shape index (κ1) is 24.7. The summed E-state index contributed by atoms with van der Waals surface area (Å²) in [6.07, 6.45) is 0.711. The van der Waals surface area contributed by atoms with Crippen molar-refractivity contribution in [1.82, 2.24) is 25.5 Å². The first-order valence-corrected chi connectivity index (χ1v) is 13.2. The third-order valence-corrected chi connectivity index (χ3v) is 8.00. The van der Waals surface area contributed by atoms with Gasteiger partial charge in [0.15, 0.2) is 0 Å². The number of benzene rings is 2. The maximum atomic E-state index is 12.5. The van der Waals surface area contributed by atoms with Crippen LogP contribution in [-0.2, 0) is 13.3 Å². The predicted molar refractivity (Wildman–Crippen MR) is 127 cm³/mol. The average molecular weight is 470 g/mol. The molecule has 10 heteroatoms. The lowest BCUT2D eigenvalue weighted by Crippen LogP contribution is -2.46. The largest absolute Gasteiger partial charge is 0.500 e. The number of hydrogen-bond donors (Lipinski definition) is 1. The molecule has 1 heterocycles. The third-order valence-electron chi connectivity index (χ3n) is 4.84. The van der Waals surface area contributed by atoms with E-state index in [9.17, 15) is 4.79 Å². The Morgan fingerprint density at radius 3 is 2.18 bits per heavy atom. The standard InChI is InChI=1S/C23H31N5O4Si/c1-4-30-33(31-5-2,32-6-3)18-10-17-24-23(29)20-15-13-19(14-16-20)22-25-27-28(26-22)21-11-8-7-9-12-21/h7-9,11-16H,4-6,10,17-18H2,1-3H3,(H,24,29). The summed E-state index contributed by atoms with van der Waals surface area (Å²) in [6, 6.07) is 17.4. The second kappa shape index (κ2) is 12.4. The van der Waals surface area contributed by atoms with Gasteiger partial charge in [0, 0.05) is 43.5 Å². The number of nitrogens with zero attached hydrogens (tertiary/aromatic N) is 4. The van der Waals surface area contributed by atoms with E-state index >= 15 is 0 Å². The number of nitrogens with one attached hydrogen (secondary N) is 1. The topological polar surface area (TPSA) is 100 Å². The molecule has 0 aliphatic rings. The Labute approximate surface area is 195 Å². The van der Waals surface area contributed by atoms with Crippen LogP contribution in [0.15, 0.2) is 54.6 Å². The average Bonchev–Trinajstić information content (AvgIpc) is 3.33. The van der Waals surface area contributed by atoms with Crippen LogP contribution >= 0.6 is 0 Å². The summed E-state index contributed by atoms with van der Waals surface area (Å²) >= 11 is 0. The van der Waals surface area contributed by atoms with E-state index in [1.165, 1.54) is 4.80 Å². The highest BCUT2D eigenvalue weighted by Gasteiger charge is 2.39. The monoisotopic (exact) mass is 469 g/mol. The molecule has 1 N–H and O–H groups in total. The highest BCUT2D eigenvalue weighted by molar-refractivity contribution is 6.60. The fourth-order valence-corrected chi connectivity index (χ4v) is 5.99. The van der Waals surface area contributed by atoms with Crippen molar-refractivity contribution in [2.45, 2.75) is 33.2 Å². The Balaban J connectivity index is 1.54. The van der Waals surface area contributed by atoms with Crippen molar-refractivity contribution in [3.05, 3.63) is 60.2 Å². The normalized spacial score (nSPS) is 11.5. The molecule has 3 rings (SSSR count). The van der Waals surface area contributed by atoms with Crippen LogP contribution in [0, 0.1) is 0 Å². The molecule has 0 fully saturated rings. The summed E-state index contributed by atoms with van der Waals surface area (Å²) in [5, 5.41) is 15.6. The molecule has 0 spiro atoms. The first-order valence-electron chi connectivity index (χ1n) is 11.3. The van der Waals surface area contributed by atoms with Crippen molar-refractivity contribution in [3.8, 4) is 17.1 Å². The maximum absolute atomic E-state index is 12.5. The van der Waals surface area contributed by atoms with Crippen molar-refractivity contribution in [2.75, 3.05) is 26.4 Å². The molecule has 0 aliphatic carbocycles. The summed E-state index contributed by atoms with van der Waals surface area (Å²) in [5.74, 6) is 0.355. The molecule has 0 radical (unpaired) electrons. The van der Waals surface area contributed by atoms with Crippen LogP contribution < -0.4 is 5.32 Å². The number of rotatable bonds is 13. The van der Waals surface area contributed by atoms with Crippen LogP contribution in [0.5, 0.6) is 0 Å². The summed E-state index contributed by atoms with van der Waals surface area (Å²) in [6.45, 7) is 7.93. The molecule has 176 valence electrons. The van der Waals surface area contributed by atoms with Gasteiger partial charge in [-0.3, -0.25) is 4.79 Å². The number of amides is 1. The number of aromatic nitrogens is 4. The molecule has 0 bridgehead atoms. The van der Waals surface area contributed by atoms with Gasteiger partial charge in [0.25, 0.3) is 5.91 Å². The van der Waals surface area contributed by atoms with Gasteiger partial charge in [0.2, 0.25) is 5.82 Å². The van der Waals surface area contributed by atoms with E-state index in [0.717, 1.165) is 11.3 Å². The lowest BCUT2D eigenvalue weighted by molar-refractivity contribution is 0.0705. The molecule has 33 heavy (non-hydrogen) atoms. The number of para-hydroxylation sites is 1. The van der Waals surface area contributed by atoms with Gasteiger partial charge in [-0.15, -0.1) is 15.0 Å². The molecular weight excluding hydrogens is 438 g/mol. The molecule has 0 atom stereocenters. The smallest absolute Gasteiger partial charge is 0.374 e. The molecule has 1 amide bonds. The Morgan fingerprint density at radius 2 is 1.58 bits per heavy atom. The molecular formula is C23H31N5O4Si. The second-order valence-electron chi connectivity index (χ2n) is 7.16.